The van der Waals surface area contributed by atoms with Crippen molar-refractivity contribution in [3.05, 3.63) is 125 Å². The Hall–Kier alpha value is -6.36. The molecule has 4 heterocycles. The summed E-state index contributed by atoms with van der Waals surface area (Å²) in [4.78, 5) is 52.3. The van der Waals surface area contributed by atoms with Crippen molar-refractivity contribution in [2.45, 2.75) is 27.4 Å². The maximum atomic E-state index is 13.6. The van der Waals surface area contributed by atoms with Crippen LogP contribution in [0.2, 0.25) is 0 Å². The molecule has 3 amide bonds. The Bertz CT molecular complexity index is 2380. The summed E-state index contributed by atoms with van der Waals surface area (Å²) in [5.74, 6) is -2.10. The fourth-order valence-electron chi connectivity index (χ4n) is 5.47. The third kappa shape index (κ3) is 6.41. The molecular weight excluding hydrogens is 683 g/mol. The molecule has 1 aliphatic heterocycles. The molecule has 7 rings (SSSR count). The molecule has 11 nitrogen and oxygen atoms in total. The first-order valence-corrected chi connectivity index (χ1v) is 17.2. The van der Waals surface area contributed by atoms with Crippen molar-refractivity contribution >= 4 is 79.8 Å². The van der Waals surface area contributed by atoms with E-state index in [-0.39, 0.29) is 23.6 Å². The second-order valence-electron chi connectivity index (χ2n) is 11.7. The zero-order valence-corrected chi connectivity index (χ0v) is 29.2. The lowest BCUT2D eigenvalue weighted by Gasteiger charge is -2.24. The van der Waals surface area contributed by atoms with Crippen LogP contribution in [-0.4, -0.2) is 42.3 Å². The molecule has 3 aromatic heterocycles. The lowest BCUT2D eigenvalue weighted by atomic mass is 9.99. The van der Waals surface area contributed by atoms with Gasteiger partial charge >= 0.3 is 6.09 Å². The number of carbonyl (C=O) groups excluding carboxylic acids is 3. The van der Waals surface area contributed by atoms with Gasteiger partial charge in [0.05, 0.1) is 22.8 Å². The number of fused-ring (bicyclic) bond motifs is 1. The van der Waals surface area contributed by atoms with Crippen LogP contribution in [0.5, 0.6) is 0 Å². The Morgan fingerprint density at radius 2 is 1.51 bits per heavy atom. The summed E-state index contributed by atoms with van der Waals surface area (Å²) >= 11 is 2.50. The van der Waals surface area contributed by atoms with Crippen molar-refractivity contribution in [3.8, 4) is 16.6 Å². The number of nitrogens with zero attached hydrogens (tertiary/aromatic N) is 7. The molecular formula is C38H27N7O4S2. The lowest BCUT2D eigenvalue weighted by molar-refractivity contribution is -0.136. The number of aliphatic imine (C=N–C) groups is 1. The van der Waals surface area contributed by atoms with E-state index in [0.29, 0.717) is 27.2 Å². The average Bonchev–Trinajstić information content (AvgIpc) is 3.83. The van der Waals surface area contributed by atoms with Gasteiger partial charge in [0.15, 0.2) is 0 Å². The fraction of sp³-hybridized carbons (Fsp3) is 0.105. The molecule has 0 radical (unpaired) electrons. The average molecular weight is 710 g/mol. The van der Waals surface area contributed by atoms with Gasteiger partial charge in [-0.05, 0) is 62.7 Å². The molecule has 0 unspecified atom stereocenters. The number of ether oxygens (including phenoxy) is 1. The van der Waals surface area contributed by atoms with Gasteiger partial charge in [-0.15, -0.1) is 11.3 Å². The Kier molecular flexibility index (Phi) is 9.01. The normalized spacial score (nSPS) is 13.9. The topological polar surface area (TPSA) is 142 Å². The van der Waals surface area contributed by atoms with Gasteiger partial charge in [0, 0.05) is 16.9 Å². The summed E-state index contributed by atoms with van der Waals surface area (Å²) < 4.78 is 14.2. The van der Waals surface area contributed by atoms with E-state index in [2.05, 4.69) is 81.0 Å². The molecule has 13 heteroatoms. The van der Waals surface area contributed by atoms with Crippen molar-refractivity contribution in [1.29, 1.82) is 5.26 Å². The van der Waals surface area contributed by atoms with Crippen LogP contribution in [0.15, 0.2) is 113 Å². The molecule has 3 aromatic carbocycles. The number of pyridine rings is 1. The third-order valence-corrected chi connectivity index (χ3v) is 9.79. The molecule has 0 atom stereocenters. The molecule has 0 spiro atoms. The number of hydrogen-bond donors (Lipinski definition) is 0. The van der Waals surface area contributed by atoms with Gasteiger partial charge in [-0.1, -0.05) is 65.7 Å². The Balaban J connectivity index is 1.24. The van der Waals surface area contributed by atoms with Crippen LogP contribution in [0.3, 0.4) is 0 Å². The van der Waals surface area contributed by atoms with Gasteiger partial charge in [0.2, 0.25) is 0 Å². The molecule has 0 bridgehead atoms. The number of imide groups is 3. The molecule has 250 valence electrons. The van der Waals surface area contributed by atoms with Crippen molar-refractivity contribution in [1.82, 2.24) is 18.6 Å². The van der Waals surface area contributed by atoms with Gasteiger partial charge < -0.3 is 9.64 Å². The predicted octanol–water partition coefficient (Wildman–Crippen LogP) is 8.52. The van der Waals surface area contributed by atoms with E-state index in [1.807, 2.05) is 12.1 Å². The van der Waals surface area contributed by atoms with E-state index >= 15 is 0 Å². The SMILES string of the molecule is CC1=C(C#N)C(=O)N(C(=O)OCc2ccccc2)C(=O)/C1=N\c1cnc(-c2ccc(N(c3ccc(C)cc3)c3ccc(C)cc3)s2)c2nsnc12. The lowest BCUT2D eigenvalue weighted by Crippen LogP contribution is -2.50. The Labute approximate surface area is 300 Å². The quantitative estimate of drug-likeness (QED) is 0.149. The van der Waals surface area contributed by atoms with Crippen LogP contribution in [-0.2, 0) is 20.9 Å². The van der Waals surface area contributed by atoms with Crippen molar-refractivity contribution in [2.24, 2.45) is 4.99 Å². The van der Waals surface area contributed by atoms with Crippen LogP contribution < -0.4 is 4.90 Å². The van der Waals surface area contributed by atoms with Gasteiger partial charge in [-0.2, -0.15) is 18.9 Å². The van der Waals surface area contributed by atoms with E-state index in [4.69, 9.17) is 9.72 Å². The first-order valence-electron chi connectivity index (χ1n) is 15.7. The number of hydrogen-bond acceptors (Lipinski definition) is 12. The number of thiophene rings is 1. The number of benzene rings is 3. The van der Waals surface area contributed by atoms with Crippen LogP contribution in [0, 0.1) is 25.2 Å². The number of aromatic nitrogens is 3. The van der Waals surface area contributed by atoms with Gasteiger partial charge in [0.25, 0.3) is 11.8 Å². The van der Waals surface area contributed by atoms with Crippen molar-refractivity contribution < 1.29 is 19.1 Å². The summed E-state index contributed by atoms with van der Waals surface area (Å²) in [6, 6.07) is 31.3. The summed E-state index contributed by atoms with van der Waals surface area (Å²) in [5, 5.41) is 10.8. The van der Waals surface area contributed by atoms with Crippen molar-refractivity contribution in [2.75, 3.05) is 4.90 Å². The molecule has 51 heavy (non-hydrogen) atoms. The molecule has 0 aliphatic carbocycles. The largest absolute Gasteiger partial charge is 0.444 e. The number of amides is 3. The molecule has 0 N–H and O–H groups in total. The van der Waals surface area contributed by atoms with Crippen LogP contribution in [0.1, 0.15) is 23.6 Å². The first-order chi connectivity index (χ1) is 24.7. The van der Waals surface area contributed by atoms with Crippen molar-refractivity contribution in [3.63, 3.8) is 0 Å². The number of rotatable bonds is 7. The van der Waals surface area contributed by atoms with Gasteiger partial charge in [-0.25, -0.2) is 9.79 Å². The molecule has 0 saturated heterocycles. The highest BCUT2D eigenvalue weighted by Crippen LogP contribution is 2.43. The van der Waals surface area contributed by atoms with Gasteiger partial charge in [-0.3, -0.25) is 14.6 Å². The standard InChI is InChI=1S/C38H27N7O4S2/c1-22-9-13-26(14-10-22)44(27-15-11-23(2)12-16-27)31-18-17-30(50-31)34-35-33(42-51-43-35)29(20-40-34)41-32-24(3)28(19-39)36(46)45(37(32)47)38(48)49-21-25-7-5-4-6-8-25/h4-18,20H,21H2,1-3H3/b41-32-. The van der Waals surface area contributed by atoms with E-state index < -0.39 is 23.5 Å². The first kappa shape index (κ1) is 33.2. The molecule has 0 saturated carbocycles. The van der Waals surface area contributed by atoms with E-state index in [9.17, 15) is 19.6 Å². The highest BCUT2D eigenvalue weighted by Gasteiger charge is 2.42. The number of nitriles is 1. The van der Waals surface area contributed by atoms with E-state index in [1.165, 1.54) is 24.5 Å². The highest BCUT2D eigenvalue weighted by atomic mass is 32.1. The minimum absolute atomic E-state index is 0.0234. The molecule has 6 aromatic rings. The van der Waals surface area contributed by atoms with Crippen LogP contribution in [0.4, 0.5) is 26.9 Å². The second kappa shape index (κ2) is 13.9. The maximum absolute atomic E-state index is 13.6. The van der Waals surface area contributed by atoms with Gasteiger partial charge in [0.1, 0.15) is 51.4 Å². The molecule has 1 aliphatic rings. The summed E-state index contributed by atoms with van der Waals surface area (Å²) in [5.41, 5.74) is 5.93. The molecule has 0 fully saturated rings. The second-order valence-corrected chi connectivity index (χ2v) is 13.2. The minimum atomic E-state index is -1.21. The summed E-state index contributed by atoms with van der Waals surface area (Å²) in [7, 11) is 0. The number of aryl methyl sites for hydroxylation is 2. The maximum Gasteiger partial charge on any atom is 0.424 e. The minimum Gasteiger partial charge on any atom is -0.444 e. The van der Waals surface area contributed by atoms with Crippen LogP contribution in [0.25, 0.3) is 21.6 Å². The van der Waals surface area contributed by atoms with E-state index in [1.54, 1.807) is 36.4 Å². The summed E-state index contributed by atoms with van der Waals surface area (Å²) in [6.45, 7) is 5.36. The predicted molar refractivity (Wildman–Crippen MR) is 197 cm³/mol. The zero-order chi connectivity index (χ0) is 35.6. The summed E-state index contributed by atoms with van der Waals surface area (Å²) in [6.07, 6.45) is 0.249. The van der Waals surface area contributed by atoms with Crippen LogP contribution >= 0.6 is 23.1 Å². The monoisotopic (exact) mass is 709 g/mol. The Morgan fingerprint density at radius 3 is 2.16 bits per heavy atom. The fourth-order valence-corrected chi connectivity index (χ4v) is 7.07. The third-order valence-electron chi connectivity index (χ3n) is 8.19. The smallest absolute Gasteiger partial charge is 0.424 e. The highest BCUT2D eigenvalue weighted by molar-refractivity contribution is 7.19. The number of carbonyl (C=O) groups is 3. The Morgan fingerprint density at radius 1 is 0.863 bits per heavy atom. The van der Waals surface area contributed by atoms with E-state index in [0.717, 1.165) is 44.1 Å². The number of anilines is 3. The zero-order valence-electron chi connectivity index (χ0n) is 27.5.